The summed E-state index contributed by atoms with van der Waals surface area (Å²) in [5, 5.41) is 0.276. The lowest BCUT2D eigenvalue weighted by Gasteiger charge is -2.23. The van der Waals surface area contributed by atoms with Gasteiger partial charge in [0.15, 0.2) is 0 Å². The summed E-state index contributed by atoms with van der Waals surface area (Å²) < 4.78 is 0. The molecule has 2 N–H and O–H groups in total. The van der Waals surface area contributed by atoms with E-state index in [4.69, 9.17) is 5.73 Å². The van der Waals surface area contributed by atoms with E-state index in [1.54, 1.807) is 0 Å². The quantitative estimate of drug-likeness (QED) is 0.543. The van der Waals surface area contributed by atoms with Gasteiger partial charge in [-0.1, -0.05) is 38.0 Å². The Hall–Kier alpha value is -0.130. The summed E-state index contributed by atoms with van der Waals surface area (Å²) in [5.41, 5.74) is 6.11. The minimum Gasteiger partial charge on any atom is -0.327 e. The molecule has 0 spiro atoms. The summed E-state index contributed by atoms with van der Waals surface area (Å²) in [5.74, 6) is 8.67. The van der Waals surface area contributed by atoms with Gasteiger partial charge in [0.2, 0.25) is 0 Å². The molecule has 0 aromatic heterocycles. The number of rotatable bonds is 1. The Kier molecular flexibility index (Phi) is 4.82. The molecule has 1 nitrogen and oxygen atoms in total. The molecule has 2 heteroatoms. The highest BCUT2D eigenvalue weighted by Gasteiger charge is 2.28. The number of thiol groups is 1. The molecule has 4 unspecified atom stereocenters. The number of hydrogen-bond donors (Lipinski definition) is 2. The van der Waals surface area contributed by atoms with Gasteiger partial charge in [-0.3, -0.25) is 0 Å². The van der Waals surface area contributed by atoms with Crippen LogP contribution in [-0.4, -0.2) is 11.3 Å². The zero-order valence-electron chi connectivity index (χ0n) is 10.9. The third-order valence-corrected chi connectivity index (χ3v) is 4.91. The molecule has 2 fully saturated rings. The van der Waals surface area contributed by atoms with E-state index in [1.165, 1.54) is 38.5 Å². The van der Waals surface area contributed by atoms with E-state index in [9.17, 15) is 0 Å². The van der Waals surface area contributed by atoms with Gasteiger partial charge in [-0.2, -0.15) is 12.6 Å². The number of nitrogens with two attached hydrogens (primary N) is 1. The maximum Gasteiger partial charge on any atom is 0.0655 e. The Bertz CT molecular complexity index is 298. The first kappa shape index (κ1) is 13.3. The van der Waals surface area contributed by atoms with Crippen LogP contribution in [0.15, 0.2) is 0 Å². The third kappa shape index (κ3) is 3.66. The second-order valence-corrected chi connectivity index (χ2v) is 6.53. The van der Waals surface area contributed by atoms with Crippen LogP contribution < -0.4 is 5.73 Å². The maximum atomic E-state index is 6.11. The van der Waals surface area contributed by atoms with Gasteiger partial charge in [-0.05, 0) is 37.5 Å². The highest BCUT2D eigenvalue weighted by Crippen LogP contribution is 2.31. The molecule has 0 radical (unpaired) electrons. The molecule has 0 amide bonds. The van der Waals surface area contributed by atoms with Crippen LogP contribution in [0.2, 0.25) is 0 Å². The summed E-state index contributed by atoms with van der Waals surface area (Å²) in [6, 6.07) is 0.296. The van der Waals surface area contributed by atoms with E-state index < -0.39 is 0 Å². The molecular formula is C15H25NS. The predicted molar refractivity (Wildman–Crippen MR) is 77.0 cm³/mol. The van der Waals surface area contributed by atoms with Crippen molar-refractivity contribution >= 4 is 12.6 Å². The van der Waals surface area contributed by atoms with Gasteiger partial charge in [0.05, 0.1) is 5.25 Å². The van der Waals surface area contributed by atoms with Crippen LogP contribution in [0.5, 0.6) is 0 Å². The lowest BCUT2D eigenvalue weighted by molar-refractivity contribution is 0.371. The van der Waals surface area contributed by atoms with Crippen LogP contribution in [0.4, 0.5) is 0 Å². The minimum absolute atomic E-state index is 0.276. The van der Waals surface area contributed by atoms with Gasteiger partial charge in [-0.15, -0.1) is 0 Å². The van der Waals surface area contributed by atoms with Crippen LogP contribution in [0.3, 0.4) is 0 Å². The predicted octanol–water partition coefficient (Wildman–Crippen LogP) is 3.24. The van der Waals surface area contributed by atoms with Gasteiger partial charge in [-0.25, -0.2) is 0 Å². The highest BCUT2D eigenvalue weighted by molar-refractivity contribution is 7.81. The highest BCUT2D eigenvalue weighted by atomic mass is 32.1. The second kappa shape index (κ2) is 6.16. The van der Waals surface area contributed by atoms with E-state index in [0.717, 1.165) is 18.3 Å². The lowest BCUT2D eigenvalue weighted by Crippen LogP contribution is -2.24. The van der Waals surface area contributed by atoms with Crippen molar-refractivity contribution in [3.05, 3.63) is 0 Å². The van der Waals surface area contributed by atoms with Gasteiger partial charge in [0.25, 0.3) is 0 Å². The monoisotopic (exact) mass is 251 g/mol. The molecule has 2 rings (SSSR count). The van der Waals surface area contributed by atoms with Crippen LogP contribution >= 0.6 is 12.6 Å². The lowest BCUT2D eigenvalue weighted by atomic mass is 9.86. The Balaban J connectivity index is 1.87. The second-order valence-electron chi connectivity index (χ2n) is 5.98. The van der Waals surface area contributed by atoms with Crippen molar-refractivity contribution in [2.24, 2.45) is 23.5 Å². The fraction of sp³-hybridized carbons (Fsp3) is 0.867. The van der Waals surface area contributed by atoms with Gasteiger partial charge >= 0.3 is 0 Å². The molecule has 2 aliphatic carbocycles. The van der Waals surface area contributed by atoms with Crippen molar-refractivity contribution < 1.29 is 0 Å². The molecule has 0 bridgehead atoms. The van der Waals surface area contributed by atoms with Crippen LogP contribution in [-0.2, 0) is 0 Å². The van der Waals surface area contributed by atoms with E-state index in [2.05, 4.69) is 31.4 Å². The Morgan fingerprint density at radius 1 is 1.18 bits per heavy atom. The van der Waals surface area contributed by atoms with Crippen molar-refractivity contribution in [1.29, 1.82) is 0 Å². The van der Waals surface area contributed by atoms with Gasteiger partial charge in [0.1, 0.15) is 0 Å². The van der Waals surface area contributed by atoms with Gasteiger partial charge in [0, 0.05) is 12.0 Å². The molecule has 2 saturated carbocycles. The molecule has 0 saturated heterocycles. The minimum atomic E-state index is 0.276. The molecule has 0 aromatic rings. The van der Waals surface area contributed by atoms with Crippen molar-refractivity contribution in [3.8, 4) is 11.8 Å². The summed E-state index contributed by atoms with van der Waals surface area (Å²) >= 11 is 4.68. The normalized spacial score (nSPS) is 36.3. The van der Waals surface area contributed by atoms with E-state index in [0.29, 0.717) is 12.0 Å². The van der Waals surface area contributed by atoms with Crippen LogP contribution in [0, 0.1) is 29.6 Å². The van der Waals surface area contributed by atoms with Crippen LogP contribution in [0.1, 0.15) is 51.9 Å². The maximum absolute atomic E-state index is 6.11. The Morgan fingerprint density at radius 2 is 1.88 bits per heavy atom. The average molecular weight is 251 g/mol. The van der Waals surface area contributed by atoms with Crippen molar-refractivity contribution in [1.82, 2.24) is 0 Å². The van der Waals surface area contributed by atoms with Crippen molar-refractivity contribution in [2.45, 2.75) is 63.2 Å². The van der Waals surface area contributed by atoms with E-state index >= 15 is 0 Å². The topological polar surface area (TPSA) is 26.0 Å². The van der Waals surface area contributed by atoms with Crippen molar-refractivity contribution in [3.63, 3.8) is 0 Å². The Labute approximate surface area is 111 Å². The van der Waals surface area contributed by atoms with Gasteiger partial charge < -0.3 is 5.73 Å². The van der Waals surface area contributed by atoms with E-state index in [-0.39, 0.29) is 5.25 Å². The number of hydrogen-bond acceptors (Lipinski definition) is 2. The fourth-order valence-corrected chi connectivity index (χ4v) is 3.63. The van der Waals surface area contributed by atoms with Crippen LogP contribution in [0.25, 0.3) is 0 Å². The zero-order valence-corrected chi connectivity index (χ0v) is 11.8. The Morgan fingerprint density at radius 3 is 2.47 bits per heavy atom. The first-order chi connectivity index (χ1) is 8.16. The zero-order chi connectivity index (χ0) is 12.3. The molecular weight excluding hydrogens is 226 g/mol. The smallest absolute Gasteiger partial charge is 0.0655 e. The molecule has 2 aliphatic rings. The molecule has 17 heavy (non-hydrogen) atoms. The van der Waals surface area contributed by atoms with E-state index in [1.807, 2.05) is 0 Å². The molecule has 0 heterocycles. The average Bonchev–Trinajstić information content (AvgIpc) is 2.66. The summed E-state index contributed by atoms with van der Waals surface area (Å²) in [4.78, 5) is 0. The summed E-state index contributed by atoms with van der Waals surface area (Å²) in [7, 11) is 0. The molecule has 0 aromatic carbocycles. The molecule has 96 valence electrons. The molecule has 0 aliphatic heterocycles. The standard InChI is InChI=1S/C15H25NS/c1-11-9-13(14(16)10-11)7-8-15(17)12-5-3-2-4-6-12/h11-15,17H,2-6,9-10,16H2,1H3. The first-order valence-corrected chi connectivity index (χ1v) is 7.63. The fourth-order valence-electron chi connectivity index (χ4n) is 3.26. The third-order valence-electron chi connectivity index (χ3n) is 4.36. The largest absolute Gasteiger partial charge is 0.327 e. The summed E-state index contributed by atoms with van der Waals surface area (Å²) in [6.45, 7) is 2.28. The SMILES string of the molecule is CC1CC(N)C(C#CC(S)C2CCCCC2)C1. The molecule has 4 atom stereocenters. The first-order valence-electron chi connectivity index (χ1n) is 7.11. The van der Waals surface area contributed by atoms with Crippen molar-refractivity contribution in [2.75, 3.05) is 0 Å². The summed E-state index contributed by atoms with van der Waals surface area (Å²) in [6.07, 6.45) is 9.08.